The number of hydrogen-bond acceptors (Lipinski definition) is 4. The second kappa shape index (κ2) is 7.59. The van der Waals surface area contributed by atoms with Crippen LogP contribution >= 0.6 is 23.4 Å². The van der Waals surface area contributed by atoms with E-state index in [-0.39, 0.29) is 17.6 Å². The first kappa shape index (κ1) is 19.9. The van der Waals surface area contributed by atoms with Gasteiger partial charge in [0, 0.05) is 16.3 Å². The first-order valence-electron chi connectivity index (χ1n) is 10.4. The van der Waals surface area contributed by atoms with Crippen LogP contribution in [0.4, 0.5) is 11.4 Å². The van der Waals surface area contributed by atoms with Crippen molar-refractivity contribution in [3.05, 3.63) is 58.6 Å². The molecule has 5 nitrogen and oxygen atoms in total. The maximum absolute atomic E-state index is 14.0. The second-order valence-corrected chi connectivity index (χ2v) is 9.74. The number of aryl methyl sites for hydroxylation is 1. The highest BCUT2D eigenvalue weighted by atomic mass is 35.5. The molecule has 2 saturated heterocycles. The summed E-state index contributed by atoms with van der Waals surface area (Å²) in [7, 11) is 0. The molecule has 30 heavy (non-hydrogen) atoms. The van der Waals surface area contributed by atoms with E-state index in [1.165, 1.54) is 18.2 Å². The van der Waals surface area contributed by atoms with Crippen LogP contribution in [-0.4, -0.2) is 42.2 Å². The number of nitrogens with zero attached hydrogens (tertiary/aromatic N) is 3. The topological polar surface area (TPSA) is 43.9 Å². The number of benzene rings is 2. The normalized spacial score (nSPS) is 24.2. The molecule has 0 unspecified atom stereocenters. The quantitative estimate of drug-likeness (QED) is 0.709. The summed E-state index contributed by atoms with van der Waals surface area (Å²) >= 11 is 7.80. The van der Waals surface area contributed by atoms with Gasteiger partial charge in [-0.15, -0.1) is 11.8 Å². The van der Waals surface area contributed by atoms with Gasteiger partial charge in [-0.3, -0.25) is 24.3 Å². The summed E-state index contributed by atoms with van der Waals surface area (Å²) in [5, 5.41) is 0.594. The maximum atomic E-state index is 14.0. The average Bonchev–Trinajstić information content (AvgIpc) is 3.22. The van der Waals surface area contributed by atoms with E-state index in [1.807, 2.05) is 48.2 Å². The molecular weight excluding hydrogens is 418 g/mol. The van der Waals surface area contributed by atoms with E-state index < -0.39 is 4.87 Å². The number of halogens is 1. The summed E-state index contributed by atoms with van der Waals surface area (Å²) in [6, 6.07) is 13.5. The molecule has 0 N–H and O–H groups in total. The van der Waals surface area contributed by atoms with Gasteiger partial charge in [-0.05, 0) is 56.6 Å². The van der Waals surface area contributed by atoms with Gasteiger partial charge in [0.15, 0.2) is 0 Å². The van der Waals surface area contributed by atoms with Crippen LogP contribution in [0.2, 0.25) is 5.02 Å². The Labute approximate surface area is 186 Å². The Hall–Kier alpha value is -2.02. The molecule has 0 aromatic heterocycles. The lowest BCUT2D eigenvalue weighted by atomic mass is 10.0. The average molecular weight is 442 g/mol. The highest BCUT2D eigenvalue weighted by molar-refractivity contribution is 8.02. The summed E-state index contributed by atoms with van der Waals surface area (Å²) in [6.07, 6.45) is 3.57. The second-order valence-electron chi connectivity index (χ2n) is 8.17. The van der Waals surface area contributed by atoms with Gasteiger partial charge in [0.1, 0.15) is 0 Å². The summed E-state index contributed by atoms with van der Waals surface area (Å²) in [4.78, 5) is 31.9. The molecule has 2 aromatic rings. The minimum absolute atomic E-state index is 0.0400. The van der Waals surface area contributed by atoms with Gasteiger partial charge in [-0.25, -0.2) is 0 Å². The standard InChI is InChI=1S/C23H24ClN3O2S/c1-16-9-10-17(13-19(16)24)27-21(28)14-30-23(27)18-7-3-4-8-20(18)26(22(23)29)15-25-11-5-2-6-12-25/h3-4,7-10,13H,2,5-6,11-12,14-15H2,1H3/t23-/m1/s1. The molecule has 1 atom stereocenters. The summed E-state index contributed by atoms with van der Waals surface area (Å²) in [5.41, 5.74) is 3.40. The molecule has 3 aliphatic heterocycles. The predicted molar refractivity (Wildman–Crippen MR) is 122 cm³/mol. The number of likely N-dealkylation sites (tertiary alicyclic amines) is 1. The summed E-state index contributed by atoms with van der Waals surface area (Å²) in [6.45, 7) is 4.50. The lowest BCUT2D eigenvalue weighted by molar-refractivity contribution is -0.124. The summed E-state index contributed by atoms with van der Waals surface area (Å²) < 4.78 is 0. The Bertz CT molecular complexity index is 1020. The maximum Gasteiger partial charge on any atom is 0.269 e. The number of piperidine rings is 1. The SMILES string of the molecule is Cc1ccc(N2C(=O)CS[C@]23C(=O)N(CN2CCCCC2)c2ccccc23)cc1Cl. The minimum atomic E-state index is -1.07. The van der Waals surface area contributed by atoms with E-state index in [0.29, 0.717) is 17.4 Å². The Morgan fingerprint density at radius 2 is 1.83 bits per heavy atom. The van der Waals surface area contributed by atoms with Crippen LogP contribution in [0.1, 0.15) is 30.4 Å². The molecule has 2 amide bonds. The van der Waals surface area contributed by atoms with Gasteiger partial charge < -0.3 is 0 Å². The number of thioether (sulfide) groups is 1. The van der Waals surface area contributed by atoms with Crippen molar-refractivity contribution in [3.63, 3.8) is 0 Å². The smallest absolute Gasteiger partial charge is 0.269 e. The Balaban J connectivity index is 1.60. The molecule has 2 fully saturated rings. The monoisotopic (exact) mass is 441 g/mol. The Morgan fingerprint density at radius 1 is 1.07 bits per heavy atom. The highest BCUT2D eigenvalue weighted by Crippen LogP contribution is 2.55. The highest BCUT2D eigenvalue weighted by Gasteiger charge is 2.61. The lowest BCUT2D eigenvalue weighted by Gasteiger charge is -2.35. The van der Waals surface area contributed by atoms with E-state index in [1.54, 1.807) is 11.0 Å². The molecule has 0 saturated carbocycles. The zero-order valence-corrected chi connectivity index (χ0v) is 18.5. The Morgan fingerprint density at radius 3 is 2.60 bits per heavy atom. The van der Waals surface area contributed by atoms with Crippen molar-refractivity contribution < 1.29 is 9.59 Å². The van der Waals surface area contributed by atoms with Gasteiger partial charge >= 0.3 is 0 Å². The largest absolute Gasteiger partial charge is 0.295 e. The van der Waals surface area contributed by atoms with E-state index in [2.05, 4.69) is 4.90 Å². The summed E-state index contributed by atoms with van der Waals surface area (Å²) in [5.74, 6) is 0.160. The van der Waals surface area contributed by atoms with Gasteiger partial charge in [0.25, 0.3) is 5.91 Å². The van der Waals surface area contributed by atoms with Gasteiger partial charge in [-0.1, -0.05) is 42.3 Å². The zero-order chi connectivity index (χ0) is 20.9. The minimum Gasteiger partial charge on any atom is -0.295 e. The first-order valence-corrected chi connectivity index (χ1v) is 11.8. The molecule has 7 heteroatoms. The van der Waals surface area contributed by atoms with Gasteiger partial charge in [0.2, 0.25) is 10.8 Å². The van der Waals surface area contributed by atoms with Crippen LogP contribution in [0, 0.1) is 6.92 Å². The molecule has 5 rings (SSSR count). The van der Waals surface area contributed by atoms with Crippen molar-refractivity contribution in [2.24, 2.45) is 0 Å². The molecule has 1 spiro atoms. The molecular formula is C23H24ClN3O2S. The first-order chi connectivity index (χ1) is 14.5. The molecule has 3 aliphatic rings. The van der Waals surface area contributed by atoms with Crippen molar-refractivity contribution in [2.45, 2.75) is 31.1 Å². The lowest BCUT2D eigenvalue weighted by Crippen LogP contribution is -2.52. The number of para-hydroxylation sites is 1. The fraction of sp³-hybridized carbons (Fsp3) is 0.391. The van der Waals surface area contributed by atoms with Crippen LogP contribution < -0.4 is 9.80 Å². The third-order valence-corrected chi connectivity index (χ3v) is 8.06. The van der Waals surface area contributed by atoms with E-state index in [9.17, 15) is 9.59 Å². The van der Waals surface area contributed by atoms with Crippen molar-refractivity contribution in [3.8, 4) is 0 Å². The van der Waals surface area contributed by atoms with Gasteiger partial charge in [0.05, 0.1) is 18.1 Å². The molecule has 0 radical (unpaired) electrons. The van der Waals surface area contributed by atoms with E-state index in [0.717, 1.165) is 42.7 Å². The molecule has 0 bridgehead atoms. The van der Waals surface area contributed by atoms with Crippen LogP contribution in [0.3, 0.4) is 0 Å². The number of anilines is 2. The van der Waals surface area contributed by atoms with Crippen molar-refractivity contribution >= 4 is 46.6 Å². The number of carbonyl (C=O) groups excluding carboxylic acids is 2. The zero-order valence-electron chi connectivity index (χ0n) is 16.9. The van der Waals surface area contributed by atoms with Crippen LogP contribution in [0.15, 0.2) is 42.5 Å². The number of fused-ring (bicyclic) bond motifs is 2. The third kappa shape index (κ3) is 2.96. The van der Waals surface area contributed by atoms with Crippen LogP contribution in [0.25, 0.3) is 0 Å². The van der Waals surface area contributed by atoms with E-state index in [4.69, 9.17) is 11.6 Å². The number of carbonyl (C=O) groups is 2. The van der Waals surface area contributed by atoms with Crippen molar-refractivity contribution in [2.75, 3.05) is 35.3 Å². The molecule has 2 aromatic carbocycles. The Kier molecular flexibility index (Phi) is 5.04. The molecule has 156 valence electrons. The number of rotatable bonds is 3. The molecule has 3 heterocycles. The number of amides is 2. The van der Waals surface area contributed by atoms with Crippen molar-refractivity contribution in [1.82, 2.24) is 4.90 Å². The predicted octanol–water partition coefficient (Wildman–Crippen LogP) is 4.37. The fourth-order valence-electron chi connectivity index (χ4n) is 4.72. The number of hydrogen-bond donors (Lipinski definition) is 0. The van der Waals surface area contributed by atoms with Gasteiger partial charge in [-0.2, -0.15) is 0 Å². The van der Waals surface area contributed by atoms with Crippen LogP contribution in [-0.2, 0) is 14.5 Å². The fourth-order valence-corrected chi connectivity index (χ4v) is 6.25. The molecule has 0 aliphatic carbocycles. The third-order valence-electron chi connectivity index (χ3n) is 6.27. The van der Waals surface area contributed by atoms with Crippen molar-refractivity contribution in [1.29, 1.82) is 0 Å². The van der Waals surface area contributed by atoms with Crippen LogP contribution in [0.5, 0.6) is 0 Å². The van der Waals surface area contributed by atoms with E-state index >= 15 is 0 Å².